The lowest BCUT2D eigenvalue weighted by Gasteiger charge is -2.29. The highest BCUT2D eigenvalue weighted by atomic mass is 14.3. The van der Waals surface area contributed by atoms with Crippen molar-refractivity contribution in [1.29, 1.82) is 0 Å². The number of hydrogen-bond acceptors (Lipinski definition) is 0. The summed E-state index contributed by atoms with van der Waals surface area (Å²) < 4.78 is 0. The number of hydrogen-bond donors (Lipinski definition) is 0. The minimum Gasteiger partial charge on any atom is -0.0850 e. The molecule has 0 spiro atoms. The van der Waals surface area contributed by atoms with E-state index in [0.717, 1.165) is 5.92 Å². The van der Waals surface area contributed by atoms with Gasteiger partial charge >= 0.3 is 0 Å². The van der Waals surface area contributed by atoms with Gasteiger partial charge in [-0.2, -0.15) is 0 Å². The molecular weight excluding hydrogens is 228 g/mol. The molecule has 0 heteroatoms. The fourth-order valence-corrected chi connectivity index (χ4v) is 3.62. The highest BCUT2D eigenvalue weighted by molar-refractivity contribution is 5.19. The van der Waals surface area contributed by atoms with E-state index in [1.807, 2.05) is 0 Å². The molecule has 0 aromatic heterocycles. The third-order valence-corrected chi connectivity index (χ3v) is 4.66. The smallest absolute Gasteiger partial charge is 0.0194 e. The van der Waals surface area contributed by atoms with E-state index in [-0.39, 0.29) is 0 Å². The quantitative estimate of drug-likeness (QED) is 0.498. The van der Waals surface area contributed by atoms with Gasteiger partial charge < -0.3 is 0 Å². The van der Waals surface area contributed by atoms with Crippen LogP contribution in [0.5, 0.6) is 0 Å². The van der Waals surface area contributed by atoms with E-state index in [0.29, 0.717) is 5.41 Å². The highest BCUT2D eigenvalue weighted by Gasteiger charge is 2.21. The average molecular weight is 262 g/mol. The Morgan fingerprint density at radius 3 is 2.53 bits per heavy atom. The molecule has 0 aromatic carbocycles. The molecule has 1 aliphatic rings. The maximum absolute atomic E-state index is 2.50. The number of allylic oxidation sites excluding steroid dienone is 4. The molecule has 19 heavy (non-hydrogen) atoms. The Morgan fingerprint density at radius 1 is 1.26 bits per heavy atom. The minimum atomic E-state index is 0.457. The van der Waals surface area contributed by atoms with Crippen LogP contribution in [-0.2, 0) is 0 Å². The van der Waals surface area contributed by atoms with E-state index in [4.69, 9.17) is 0 Å². The Kier molecular flexibility index (Phi) is 6.36. The molecule has 0 bridgehead atoms. The lowest BCUT2D eigenvalue weighted by Crippen LogP contribution is -2.14. The van der Waals surface area contributed by atoms with Gasteiger partial charge in [0, 0.05) is 0 Å². The molecule has 1 rings (SSSR count). The second kappa shape index (κ2) is 7.31. The fourth-order valence-electron chi connectivity index (χ4n) is 3.62. The maximum atomic E-state index is 2.50. The first kappa shape index (κ1) is 16.5. The van der Waals surface area contributed by atoms with Gasteiger partial charge in [0.1, 0.15) is 0 Å². The van der Waals surface area contributed by atoms with Crippen LogP contribution in [0.3, 0.4) is 0 Å². The van der Waals surface area contributed by atoms with Crippen molar-refractivity contribution in [2.45, 2.75) is 86.5 Å². The molecule has 0 aromatic rings. The zero-order valence-electron chi connectivity index (χ0n) is 14.1. The molecule has 0 nitrogen and oxygen atoms in total. The summed E-state index contributed by atoms with van der Waals surface area (Å²) >= 11 is 0. The first-order valence-corrected chi connectivity index (χ1v) is 8.26. The summed E-state index contributed by atoms with van der Waals surface area (Å²) in [5.74, 6) is 0.739. The summed E-state index contributed by atoms with van der Waals surface area (Å²) in [7, 11) is 0. The molecule has 0 heterocycles. The predicted molar refractivity (Wildman–Crippen MR) is 87.4 cm³/mol. The van der Waals surface area contributed by atoms with Crippen LogP contribution >= 0.6 is 0 Å². The molecule has 0 amide bonds. The van der Waals surface area contributed by atoms with Crippen LogP contribution in [0.4, 0.5) is 0 Å². The molecule has 0 saturated carbocycles. The zero-order valence-corrected chi connectivity index (χ0v) is 14.1. The van der Waals surface area contributed by atoms with Crippen molar-refractivity contribution in [3.8, 4) is 0 Å². The van der Waals surface area contributed by atoms with Crippen molar-refractivity contribution in [3.05, 3.63) is 22.8 Å². The zero-order chi connectivity index (χ0) is 14.5. The van der Waals surface area contributed by atoms with Crippen LogP contribution in [0, 0.1) is 11.3 Å². The van der Waals surface area contributed by atoms with Gasteiger partial charge in [-0.1, -0.05) is 63.8 Å². The van der Waals surface area contributed by atoms with Gasteiger partial charge in [-0.15, -0.1) is 0 Å². The van der Waals surface area contributed by atoms with Crippen molar-refractivity contribution in [2.24, 2.45) is 11.3 Å². The largest absolute Gasteiger partial charge is 0.0850 e. The number of rotatable bonds is 3. The second-order valence-electron chi connectivity index (χ2n) is 7.26. The van der Waals surface area contributed by atoms with Crippen molar-refractivity contribution in [2.75, 3.05) is 0 Å². The van der Waals surface area contributed by atoms with Crippen LogP contribution in [0.15, 0.2) is 22.8 Å². The van der Waals surface area contributed by atoms with Crippen LogP contribution in [0.1, 0.15) is 86.5 Å². The topological polar surface area (TPSA) is 0 Å². The van der Waals surface area contributed by atoms with E-state index in [1.165, 1.54) is 44.9 Å². The molecule has 0 saturated heterocycles. The molecule has 110 valence electrons. The summed E-state index contributed by atoms with van der Waals surface area (Å²) in [4.78, 5) is 0. The Balaban J connectivity index is 3.05. The molecule has 1 aliphatic carbocycles. The molecule has 1 unspecified atom stereocenters. The summed E-state index contributed by atoms with van der Waals surface area (Å²) in [5, 5.41) is 0. The Bertz CT molecular complexity index is 341. The van der Waals surface area contributed by atoms with Gasteiger partial charge in [-0.3, -0.25) is 0 Å². The summed E-state index contributed by atoms with van der Waals surface area (Å²) in [6.45, 7) is 14.3. The SMILES string of the molecule is CCCC1=C(CC)C(C)CC=C(C)CC(C)(C)CC1. The third-order valence-electron chi connectivity index (χ3n) is 4.66. The maximum Gasteiger partial charge on any atom is -0.0194 e. The Hall–Kier alpha value is -0.520. The van der Waals surface area contributed by atoms with Crippen molar-refractivity contribution in [3.63, 3.8) is 0 Å². The van der Waals surface area contributed by atoms with Crippen molar-refractivity contribution >= 4 is 0 Å². The molecule has 0 radical (unpaired) electrons. The highest BCUT2D eigenvalue weighted by Crippen LogP contribution is 2.37. The summed E-state index contributed by atoms with van der Waals surface area (Å²) in [6.07, 6.45) is 11.5. The van der Waals surface area contributed by atoms with Gasteiger partial charge in [0.2, 0.25) is 0 Å². The first-order chi connectivity index (χ1) is 8.89. The summed E-state index contributed by atoms with van der Waals surface area (Å²) in [6, 6.07) is 0. The van der Waals surface area contributed by atoms with Crippen molar-refractivity contribution < 1.29 is 0 Å². The van der Waals surface area contributed by atoms with Crippen molar-refractivity contribution in [1.82, 2.24) is 0 Å². The molecule has 1 atom stereocenters. The Labute approximate surface area is 121 Å². The Morgan fingerprint density at radius 2 is 1.95 bits per heavy atom. The lowest BCUT2D eigenvalue weighted by atomic mass is 9.77. The van der Waals surface area contributed by atoms with E-state index in [1.54, 1.807) is 16.7 Å². The third kappa shape index (κ3) is 5.16. The normalized spacial score (nSPS) is 25.2. The van der Waals surface area contributed by atoms with E-state index in [2.05, 4.69) is 47.6 Å². The molecule has 0 aliphatic heterocycles. The summed E-state index contributed by atoms with van der Waals surface area (Å²) in [5.41, 5.74) is 5.58. The first-order valence-electron chi connectivity index (χ1n) is 8.26. The predicted octanol–water partition coefficient (Wildman–Crippen LogP) is 6.68. The fraction of sp³-hybridized carbons (Fsp3) is 0.789. The van der Waals surface area contributed by atoms with E-state index in [9.17, 15) is 0 Å². The van der Waals surface area contributed by atoms with E-state index < -0.39 is 0 Å². The van der Waals surface area contributed by atoms with E-state index >= 15 is 0 Å². The molecule has 0 N–H and O–H groups in total. The van der Waals surface area contributed by atoms with Gasteiger partial charge in [0.05, 0.1) is 0 Å². The van der Waals surface area contributed by atoms with Crippen LogP contribution in [-0.4, -0.2) is 0 Å². The van der Waals surface area contributed by atoms with Gasteiger partial charge in [-0.25, -0.2) is 0 Å². The van der Waals surface area contributed by atoms with Gasteiger partial charge in [0.15, 0.2) is 0 Å². The van der Waals surface area contributed by atoms with Crippen LogP contribution < -0.4 is 0 Å². The minimum absolute atomic E-state index is 0.457. The molecular formula is C19H34. The van der Waals surface area contributed by atoms with Gasteiger partial charge in [0.25, 0.3) is 0 Å². The lowest BCUT2D eigenvalue weighted by molar-refractivity contribution is 0.327. The van der Waals surface area contributed by atoms with Crippen LogP contribution in [0.2, 0.25) is 0 Å². The monoisotopic (exact) mass is 262 g/mol. The van der Waals surface area contributed by atoms with Gasteiger partial charge in [-0.05, 0) is 56.8 Å². The molecule has 0 fully saturated rings. The average Bonchev–Trinajstić information content (AvgIpc) is 2.33. The standard InChI is InChI=1S/C19H34/c1-7-9-17-12-13-19(5,6)14-15(3)10-11-16(4)18(17)8-2/h10,16H,7-9,11-14H2,1-6H3. The van der Waals surface area contributed by atoms with Crippen LogP contribution in [0.25, 0.3) is 0 Å². The second-order valence-corrected chi connectivity index (χ2v) is 7.26.